The molecular weight excluding hydrogens is 236 g/mol. The van der Waals surface area contributed by atoms with Crippen LogP contribution in [-0.4, -0.2) is 23.2 Å². The predicted octanol–water partition coefficient (Wildman–Crippen LogP) is 2.35. The number of hydrogen-bond donors (Lipinski definition) is 0. The highest BCUT2D eigenvalue weighted by atomic mass is 79.9. The molecule has 1 aliphatic heterocycles. The minimum atomic E-state index is 1.09. The fraction of sp³-hybridized carbons (Fsp3) is 0.375. The molecule has 64 valence electrons. The summed E-state index contributed by atoms with van der Waals surface area (Å²) in [5.74, 6) is 2.31. The molecule has 0 aliphatic carbocycles. The first kappa shape index (κ1) is 8.38. The Morgan fingerprint density at radius 3 is 3.17 bits per heavy atom. The number of halogens is 1. The topological polar surface area (TPSA) is 16.1 Å². The van der Waals surface area contributed by atoms with Crippen molar-refractivity contribution in [1.82, 2.24) is 4.98 Å². The van der Waals surface area contributed by atoms with E-state index in [1.807, 2.05) is 24.0 Å². The number of thioether (sulfide) groups is 1. The van der Waals surface area contributed by atoms with Crippen molar-refractivity contribution in [3.05, 3.63) is 22.9 Å². The van der Waals surface area contributed by atoms with Gasteiger partial charge in [0.2, 0.25) is 0 Å². The van der Waals surface area contributed by atoms with Gasteiger partial charge in [0.1, 0.15) is 0 Å². The number of hydrogen-bond acceptors (Lipinski definition) is 3. The van der Waals surface area contributed by atoms with Gasteiger partial charge < -0.3 is 4.90 Å². The first-order chi connectivity index (χ1) is 5.88. The number of nitrogens with zero attached hydrogens (tertiary/aromatic N) is 2. The number of pyridine rings is 1. The normalized spacial score (nSPS) is 16.9. The molecule has 2 rings (SSSR count). The third-order valence-electron chi connectivity index (χ3n) is 1.84. The Labute approximate surface area is 84.5 Å². The van der Waals surface area contributed by atoms with Gasteiger partial charge in [0.15, 0.2) is 0 Å². The largest absolute Gasteiger partial charge is 0.359 e. The molecule has 4 heteroatoms. The van der Waals surface area contributed by atoms with Crippen LogP contribution in [0.1, 0.15) is 0 Å². The minimum absolute atomic E-state index is 1.09. The van der Waals surface area contributed by atoms with E-state index in [9.17, 15) is 0 Å². The maximum Gasteiger partial charge on any atom is 0.0704 e. The van der Waals surface area contributed by atoms with E-state index in [-0.39, 0.29) is 0 Å². The summed E-state index contributed by atoms with van der Waals surface area (Å²) in [6.45, 7) is 1.13. The summed E-state index contributed by atoms with van der Waals surface area (Å²) >= 11 is 5.48. The van der Waals surface area contributed by atoms with E-state index in [4.69, 9.17) is 0 Å². The van der Waals surface area contributed by atoms with E-state index in [0.29, 0.717) is 0 Å². The Bertz CT molecular complexity index is 274. The Kier molecular flexibility index (Phi) is 2.56. The van der Waals surface area contributed by atoms with Crippen molar-refractivity contribution < 1.29 is 0 Å². The van der Waals surface area contributed by atoms with Crippen LogP contribution >= 0.6 is 27.7 Å². The van der Waals surface area contributed by atoms with Crippen molar-refractivity contribution in [3.8, 4) is 0 Å². The third-order valence-corrected chi connectivity index (χ3v) is 3.48. The van der Waals surface area contributed by atoms with Gasteiger partial charge in [-0.15, -0.1) is 11.8 Å². The van der Waals surface area contributed by atoms with Crippen LogP contribution < -0.4 is 4.90 Å². The Hall–Kier alpha value is -0.220. The number of aromatic nitrogens is 1. The average molecular weight is 245 g/mol. The van der Waals surface area contributed by atoms with Gasteiger partial charge in [-0.05, 0) is 22.0 Å². The zero-order chi connectivity index (χ0) is 8.39. The molecule has 0 N–H and O–H groups in total. The van der Waals surface area contributed by atoms with Gasteiger partial charge in [-0.1, -0.05) is 0 Å². The predicted molar refractivity (Wildman–Crippen MR) is 56.6 cm³/mol. The first-order valence-electron chi connectivity index (χ1n) is 3.80. The maximum absolute atomic E-state index is 4.11. The lowest BCUT2D eigenvalue weighted by molar-refractivity contribution is 0.981. The fourth-order valence-electron chi connectivity index (χ4n) is 1.21. The summed E-state index contributed by atoms with van der Waals surface area (Å²) in [6, 6.07) is 1.98. The zero-order valence-corrected chi connectivity index (χ0v) is 8.94. The monoisotopic (exact) mass is 244 g/mol. The molecule has 2 nitrogen and oxygen atoms in total. The quantitative estimate of drug-likeness (QED) is 0.755. The lowest BCUT2D eigenvalue weighted by Crippen LogP contribution is -2.18. The summed E-state index contributed by atoms with van der Waals surface area (Å²) in [4.78, 5) is 6.44. The molecule has 1 aromatic heterocycles. The lowest BCUT2D eigenvalue weighted by Gasteiger charge is -2.17. The Morgan fingerprint density at radius 1 is 1.58 bits per heavy atom. The summed E-state index contributed by atoms with van der Waals surface area (Å²) in [6.07, 6.45) is 3.72. The van der Waals surface area contributed by atoms with E-state index in [1.54, 1.807) is 6.20 Å². The standard InChI is InChI=1S/C8H9BrN2S/c9-7-1-2-10-5-8(7)11-3-4-12-6-11/h1-2,5H,3-4,6H2. The van der Waals surface area contributed by atoms with E-state index < -0.39 is 0 Å². The Morgan fingerprint density at radius 2 is 2.50 bits per heavy atom. The Balaban J connectivity index is 2.26. The zero-order valence-electron chi connectivity index (χ0n) is 6.53. The van der Waals surface area contributed by atoms with E-state index >= 15 is 0 Å². The summed E-state index contributed by atoms with van der Waals surface area (Å²) in [5.41, 5.74) is 1.21. The van der Waals surface area contributed by atoms with Gasteiger partial charge in [0.25, 0.3) is 0 Å². The highest BCUT2D eigenvalue weighted by Crippen LogP contribution is 2.28. The SMILES string of the molecule is Brc1ccncc1N1CCSC1. The summed E-state index contributed by atoms with van der Waals surface area (Å²) in [7, 11) is 0. The highest BCUT2D eigenvalue weighted by Gasteiger charge is 2.14. The molecule has 0 bridgehead atoms. The van der Waals surface area contributed by atoms with Crippen LogP contribution in [0.4, 0.5) is 5.69 Å². The average Bonchev–Trinajstić information content (AvgIpc) is 2.57. The van der Waals surface area contributed by atoms with Gasteiger partial charge in [-0.3, -0.25) is 4.98 Å². The van der Waals surface area contributed by atoms with E-state index in [1.165, 1.54) is 11.4 Å². The van der Waals surface area contributed by atoms with Crippen molar-refractivity contribution in [2.45, 2.75) is 0 Å². The number of anilines is 1. The fourth-order valence-corrected chi connectivity index (χ4v) is 2.64. The van der Waals surface area contributed by atoms with Gasteiger partial charge in [0.05, 0.1) is 17.8 Å². The second kappa shape index (κ2) is 3.66. The third kappa shape index (κ3) is 1.59. The second-order valence-electron chi connectivity index (χ2n) is 2.63. The van der Waals surface area contributed by atoms with Gasteiger partial charge >= 0.3 is 0 Å². The molecule has 0 aromatic carbocycles. The lowest BCUT2D eigenvalue weighted by atomic mass is 10.4. The maximum atomic E-state index is 4.11. The molecule has 1 aromatic rings. The molecule has 0 atom stereocenters. The van der Waals surface area contributed by atoms with Gasteiger partial charge in [0, 0.05) is 23.0 Å². The molecule has 0 spiro atoms. The molecule has 1 fully saturated rings. The van der Waals surface area contributed by atoms with Gasteiger partial charge in [-0.2, -0.15) is 0 Å². The van der Waals surface area contributed by atoms with Crippen LogP contribution in [0.15, 0.2) is 22.9 Å². The molecule has 1 saturated heterocycles. The number of rotatable bonds is 1. The van der Waals surface area contributed by atoms with Crippen LogP contribution in [0.5, 0.6) is 0 Å². The van der Waals surface area contributed by atoms with E-state index in [0.717, 1.165) is 16.9 Å². The van der Waals surface area contributed by atoms with Crippen molar-refractivity contribution in [2.75, 3.05) is 23.1 Å². The molecule has 0 saturated carbocycles. The molecular formula is C8H9BrN2S. The molecule has 0 radical (unpaired) electrons. The van der Waals surface area contributed by atoms with Crippen LogP contribution in [0.2, 0.25) is 0 Å². The van der Waals surface area contributed by atoms with Gasteiger partial charge in [-0.25, -0.2) is 0 Å². The molecule has 1 aliphatic rings. The van der Waals surface area contributed by atoms with Crippen molar-refractivity contribution in [1.29, 1.82) is 0 Å². The molecule has 0 unspecified atom stereocenters. The minimum Gasteiger partial charge on any atom is -0.359 e. The highest BCUT2D eigenvalue weighted by molar-refractivity contribution is 9.10. The van der Waals surface area contributed by atoms with Crippen LogP contribution in [0.3, 0.4) is 0 Å². The van der Waals surface area contributed by atoms with Crippen LogP contribution in [0.25, 0.3) is 0 Å². The van der Waals surface area contributed by atoms with Crippen LogP contribution in [0, 0.1) is 0 Å². The first-order valence-corrected chi connectivity index (χ1v) is 5.75. The van der Waals surface area contributed by atoms with Crippen molar-refractivity contribution >= 4 is 33.4 Å². The van der Waals surface area contributed by atoms with Crippen LogP contribution in [-0.2, 0) is 0 Å². The smallest absolute Gasteiger partial charge is 0.0704 e. The van der Waals surface area contributed by atoms with E-state index in [2.05, 4.69) is 25.8 Å². The summed E-state index contributed by atoms with van der Waals surface area (Å²) in [5, 5.41) is 0. The summed E-state index contributed by atoms with van der Waals surface area (Å²) < 4.78 is 1.14. The molecule has 2 heterocycles. The van der Waals surface area contributed by atoms with Crippen molar-refractivity contribution in [2.24, 2.45) is 0 Å². The molecule has 12 heavy (non-hydrogen) atoms. The molecule has 0 amide bonds. The van der Waals surface area contributed by atoms with Crippen molar-refractivity contribution in [3.63, 3.8) is 0 Å². The second-order valence-corrected chi connectivity index (χ2v) is 4.56.